The van der Waals surface area contributed by atoms with Crippen molar-refractivity contribution in [1.29, 1.82) is 0 Å². The molecule has 27 heavy (non-hydrogen) atoms. The quantitative estimate of drug-likeness (QED) is 0.533. The van der Waals surface area contributed by atoms with E-state index < -0.39 is 15.8 Å². The first-order chi connectivity index (χ1) is 13.0. The SMILES string of the molecule is CCn1c(=O)oc2cc(S(=O)(=O)NCCc3c[nH]c4ccccc34)ccc21. The van der Waals surface area contributed by atoms with Gasteiger partial charge in [-0.1, -0.05) is 18.2 Å². The molecular weight excluding hydrogens is 366 g/mol. The fraction of sp³-hybridized carbons (Fsp3) is 0.211. The van der Waals surface area contributed by atoms with E-state index >= 15 is 0 Å². The fourth-order valence-electron chi connectivity index (χ4n) is 3.26. The number of hydrogen-bond acceptors (Lipinski definition) is 4. The van der Waals surface area contributed by atoms with Crippen LogP contribution in [0.1, 0.15) is 12.5 Å². The zero-order chi connectivity index (χ0) is 19.0. The number of sulfonamides is 1. The Labute approximate surface area is 155 Å². The summed E-state index contributed by atoms with van der Waals surface area (Å²) in [5.74, 6) is -0.491. The molecule has 0 radical (unpaired) electrons. The normalized spacial score (nSPS) is 12.2. The molecule has 0 fully saturated rings. The van der Waals surface area contributed by atoms with Gasteiger partial charge in [-0.3, -0.25) is 4.57 Å². The molecule has 2 aromatic carbocycles. The maximum Gasteiger partial charge on any atom is 0.419 e. The molecule has 0 spiro atoms. The largest absolute Gasteiger partial charge is 0.419 e. The van der Waals surface area contributed by atoms with Crippen LogP contribution in [0.25, 0.3) is 22.0 Å². The Kier molecular flexibility index (Phi) is 4.37. The summed E-state index contributed by atoms with van der Waals surface area (Å²) in [4.78, 5) is 15.0. The number of aromatic nitrogens is 2. The summed E-state index contributed by atoms with van der Waals surface area (Å²) < 4.78 is 34.4. The highest BCUT2D eigenvalue weighted by Crippen LogP contribution is 2.20. The monoisotopic (exact) mass is 385 g/mol. The van der Waals surface area contributed by atoms with Crippen molar-refractivity contribution in [3.63, 3.8) is 0 Å². The van der Waals surface area contributed by atoms with Crippen LogP contribution in [-0.4, -0.2) is 24.5 Å². The predicted molar refractivity (Wildman–Crippen MR) is 103 cm³/mol. The van der Waals surface area contributed by atoms with Gasteiger partial charge in [0.1, 0.15) is 0 Å². The highest BCUT2D eigenvalue weighted by Gasteiger charge is 2.17. The number of aromatic amines is 1. The lowest BCUT2D eigenvalue weighted by Crippen LogP contribution is -2.25. The van der Waals surface area contributed by atoms with Gasteiger partial charge in [0.2, 0.25) is 10.0 Å². The van der Waals surface area contributed by atoms with Gasteiger partial charge in [0.15, 0.2) is 5.58 Å². The van der Waals surface area contributed by atoms with E-state index in [1.165, 1.54) is 16.7 Å². The van der Waals surface area contributed by atoms with E-state index in [9.17, 15) is 13.2 Å². The lowest BCUT2D eigenvalue weighted by molar-refractivity contribution is 0.512. The molecule has 0 saturated carbocycles. The minimum absolute atomic E-state index is 0.0749. The van der Waals surface area contributed by atoms with Crippen molar-refractivity contribution in [3.8, 4) is 0 Å². The van der Waals surface area contributed by atoms with E-state index in [2.05, 4.69) is 9.71 Å². The van der Waals surface area contributed by atoms with Crippen LogP contribution in [0.15, 0.2) is 62.8 Å². The first-order valence-corrected chi connectivity index (χ1v) is 10.2. The number of nitrogens with zero attached hydrogens (tertiary/aromatic N) is 1. The first-order valence-electron chi connectivity index (χ1n) is 8.67. The Balaban J connectivity index is 1.53. The molecule has 0 bridgehead atoms. The Hall–Kier alpha value is -2.84. The minimum atomic E-state index is -3.70. The van der Waals surface area contributed by atoms with Crippen LogP contribution < -0.4 is 10.5 Å². The van der Waals surface area contributed by atoms with Crippen molar-refractivity contribution in [2.45, 2.75) is 24.8 Å². The van der Waals surface area contributed by atoms with Gasteiger partial charge in [-0.25, -0.2) is 17.9 Å². The average Bonchev–Trinajstić information content (AvgIpc) is 3.21. The van der Waals surface area contributed by atoms with Crippen LogP contribution in [0.5, 0.6) is 0 Å². The maximum atomic E-state index is 12.6. The highest BCUT2D eigenvalue weighted by atomic mass is 32.2. The minimum Gasteiger partial charge on any atom is -0.408 e. The van der Waals surface area contributed by atoms with E-state index in [0.29, 0.717) is 18.5 Å². The van der Waals surface area contributed by atoms with Gasteiger partial charge < -0.3 is 9.40 Å². The zero-order valence-corrected chi connectivity index (χ0v) is 15.5. The second-order valence-corrected chi connectivity index (χ2v) is 8.02. The number of para-hydroxylation sites is 1. The van der Waals surface area contributed by atoms with Gasteiger partial charge >= 0.3 is 5.76 Å². The van der Waals surface area contributed by atoms with Crippen molar-refractivity contribution in [1.82, 2.24) is 14.3 Å². The van der Waals surface area contributed by atoms with E-state index in [-0.39, 0.29) is 17.0 Å². The Morgan fingerprint density at radius 1 is 1.19 bits per heavy atom. The van der Waals surface area contributed by atoms with Crippen LogP contribution in [0.4, 0.5) is 0 Å². The van der Waals surface area contributed by atoms with Crippen LogP contribution in [0, 0.1) is 0 Å². The summed E-state index contributed by atoms with van der Waals surface area (Å²) >= 11 is 0. The fourth-order valence-corrected chi connectivity index (χ4v) is 4.30. The van der Waals surface area contributed by atoms with Crippen LogP contribution in [0.2, 0.25) is 0 Å². The summed E-state index contributed by atoms with van der Waals surface area (Å²) in [6, 6.07) is 12.4. The van der Waals surface area contributed by atoms with Gasteiger partial charge in [-0.2, -0.15) is 0 Å². The second-order valence-electron chi connectivity index (χ2n) is 6.25. The summed E-state index contributed by atoms with van der Waals surface area (Å²) in [5, 5.41) is 1.08. The molecule has 4 rings (SSSR count). The third kappa shape index (κ3) is 3.17. The smallest absolute Gasteiger partial charge is 0.408 e. The lowest BCUT2D eigenvalue weighted by atomic mass is 10.1. The van der Waals surface area contributed by atoms with Crippen molar-refractivity contribution < 1.29 is 12.8 Å². The number of hydrogen-bond donors (Lipinski definition) is 2. The Morgan fingerprint density at radius 2 is 2.00 bits per heavy atom. The highest BCUT2D eigenvalue weighted by molar-refractivity contribution is 7.89. The molecule has 140 valence electrons. The molecule has 0 aliphatic heterocycles. The number of H-pyrrole nitrogens is 1. The number of aryl methyl sites for hydroxylation is 1. The van der Waals surface area contributed by atoms with Crippen molar-refractivity contribution in [2.75, 3.05) is 6.54 Å². The van der Waals surface area contributed by atoms with E-state index in [4.69, 9.17) is 4.42 Å². The lowest BCUT2D eigenvalue weighted by Gasteiger charge is -2.07. The third-order valence-corrected chi connectivity index (χ3v) is 6.09. The molecule has 0 atom stereocenters. The molecule has 2 N–H and O–H groups in total. The number of benzene rings is 2. The molecule has 8 heteroatoms. The van der Waals surface area contributed by atoms with Gasteiger partial charge in [0.05, 0.1) is 10.4 Å². The average molecular weight is 385 g/mol. The van der Waals surface area contributed by atoms with Crippen LogP contribution in [-0.2, 0) is 23.0 Å². The molecule has 4 aromatic rings. The Bertz CT molecular complexity index is 1280. The summed E-state index contributed by atoms with van der Waals surface area (Å²) in [7, 11) is -3.70. The van der Waals surface area contributed by atoms with Gasteiger partial charge in [-0.15, -0.1) is 0 Å². The van der Waals surface area contributed by atoms with Crippen molar-refractivity contribution >= 4 is 32.0 Å². The molecular formula is C19H19N3O4S. The Morgan fingerprint density at radius 3 is 2.81 bits per heavy atom. The molecule has 2 aromatic heterocycles. The topological polar surface area (TPSA) is 97.1 Å². The third-order valence-electron chi connectivity index (χ3n) is 4.63. The molecule has 7 nitrogen and oxygen atoms in total. The molecule has 2 heterocycles. The van der Waals surface area contributed by atoms with E-state index in [0.717, 1.165) is 16.5 Å². The number of oxazole rings is 1. The van der Waals surface area contributed by atoms with Gasteiger partial charge in [0.25, 0.3) is 0 Å². The van der Waals surface area contributed by atoms with E-state index in [1.807, 2.05) is 37.4 Å². The number of fused-ring (bicyclic) bond motifs is 2. The predicted octanol–water partition coefficient (Wildman–Crippen LogP) is 2.62. The summed E-state index contributed by atoms with van der Waals surface area (Å²) in [5.41, 5.74) is 2.92. The van der Waals surface area contributed by atoms with Crippen molar-refractivity contribution in [3.05, 3.63) is 64.8 Å². The standard InChI is InChI=1S/C19H19N3O4S/c1-2-22-17-8-7-14(11-18(17)26-19(22)23)27(24,25)21-10-9-13-12-20-16-6-4-3-5-15(13)16/h3-8,11-12,20-21H,2,9-10H2,1H3. The second kappa shape index (κ2) is 6.71. The van der Waals surface area contributed by atoms with Crippen molar-refractivity contribution in [2.24, 2.45) is 0 Å². The molecule has 0 aliphatic rings. The number of rotatable bonds is 6. The van der Waals surface area contributed by atoms with Crippen LogP contribution >= 0.6 is 0 Å². The first kappa shape index (κ1) is 17.6. The van der Waals surface area contributed by atoms with Crippen LogP contribution in [0.3, 0.4) is 0 Å². The molecule has 0 saturated heterocycles. The molecule has 0 amide bonds. The summed E-state index contributed by atoms with van der Waals surface area (Å²) in [6.45, 7) is 2.55. The maximum absolute atomic E-state index is 12.6. The molecule has 0 unspecified atom stereocenters. The molecule has 0 aliphatic carbocycles. The van der Waals surface area contributed by atoms with Gasteiger partial charge in [0, 0.05) is 36.3 Å². The summed E-state index contributed by atoms with van der Waals surface area (Å²) in [6.07, 6.45) is 2.46. The zero-order valence-electron chi connectivity index (χ0n) is 14.7. The number of nitrogens with one attached hydrogen (secondary N) is 2. The van der Waals surface area contributed by atoms with E-state index in [1.54, 1.807) is 6.07 Å². The van der Waals surface area contributed by atoms with Gasteiger partial charge in [-0.05, 0) is 37.1 Å².